The van der Waals surface area contributed by atoms with Gasteiger partial charge in [-0.25, -0.2) is 13.6 Å². The maximum Gasteiger partial charge on any atom is 0.238 e. The highest BCUT2D eigenvalue weighted by molar-refractivity contribution is 7.89. The van der Waals surface area contributed by atoms with Gasteiger partial charge in [-0.3, -0.25) is 0 Å². The molecule has 1 aliphatic carbocycles. The first-order valence-corrected chi connectivity index (χ1v) is 8.56. The third-order valence-corrected chi connectivity index (χ3v) is 4.59. The molecule has 1 saturated carbocycles. The van der Waals surface area contributed by atoms with Gasteiger partial charge in [0.25, 0.3) is 0 Å². The van der Waals surface area contributed by atoms with Crippen LogP contribution in [-0.2, 0) is 15.4 Å². The lowest BCUT2D eigenvalue weighted by Crippen LogP contribution is -2.19. The van der Waals surface area contributed by atoms with Gasteiger partial charge in [-0.15, -0.1) is 0 Å². The molecule has 0 heterocycles. The molecule has 0 spiro atoms. The first-order chi connectivity index (χ1) is 9.18. The maximum atomic E-state index is 11.5. The number of ether oxygens (including phenoxy) is 1. The van der Waals surface area contributed by atoms with E-state index in [1.165, 1.54) is 18.9 Å². The van der Waals surface area contributed by atoms with Crippen LogP contribution in [-0.4, -0.2) is 14.5 Å². The Balaban J connectivity index is 2.40. The largest absolute Gasteiger partial charge is 0.490 e. The van der Waals surface area contributed by atoms with Gasteiger partial charge in [0.1, 0.15) is 5.75 Å². The summed E-state index contributed by atoms with van der Waals surface area (Å²) in [7, 11) is -3.69. The van der Waals surface area contributed by atoms with Gasteiger partial charge in [-0.2, -0.15) is 0 Å². The third-order valence-electron chi connectivity index (χ3n) is 3.68. The number of nitrogens with two attached hydrogens (primary N) is 1. The monoisotopic (exact) mass is 297 g/mol. The van der Waals surface area contributed by atoms with E-state index >= 15 is 0 Å². The summed E-state index contributed by atoms with van der Waals surface area (Å²) in [5, 5.41) is 5.21. The Morgan fingerprint density at radius 3 is 2.30 bits per heavy atom. The molecule has 1 fully saturated rings. The van der Waals surface area contributed by atoms with Crippen LogP contribution in [0.2, 0.25) is 0 Å². The smallest absolute Gasteiger partial charge is 0.238 e. The van der Waals surface area contributed by atoms with Crippen LogP contribution in [0, 0.1) is 0 Å². The number of hydrogen-bond donors (Lipinski definition) is 1. The Hall–Kier alpha value is -1.07. The van der Waals surface area contributed by atoms with E-state index in [9.17, 15) is 8.42 Å². The molecule has 0 saturated heterocycles. The zero-order chi connectivity index (χ0) is 15.0. The van der Waals surface area contributed by atoms with E-state index in [2.05, 4.69) is 0 Å². The van der Waals surface area contributed by atoms with E-state index in [0.717, 1.165) is 24.2 Å². The molecular weight excluding hydrogens is 274 g/mol. The summed E-state index contributed by atoms with van der Waals surface area (Å²) in [5.74, 6) is 0.775. The summed E-state index contributed by atoms with van der Waals surface area (Å²) in [6, 6.07) is 4.90. The summed E-state index contributed by atoms with van der Waals surface area (Å²) >= 11 is 0. The van der Waals surface area contributed by atoms with E-state index in [4.69, 9.17) is 9.88 Å². The van der Waals surface area contributed by atoms with Crippen molar-refractivity contribution in [3.05, 3.63) is 23.8 Å². The Morgan fingerprint density at radius 1 is 1.20 bits per heavy atom. The summed E-state index contributed by atoms with van der Waals surface area (Å²) in [5.41, 5.74) is 0.685. The Labute approximate surface area is 121 Å². The Kier molecular flexibility index (Phi) is 4.12. The molecule has 0 aromatic heterocycles. The van der Waals surface area contributed by atoms with Gasteiger partial charge in [0.05, 0.1) is 11.0 Å². The average Bonchev–Trinajstić information content (AvgIpc) is 2.79. The summed E-state index contributed by atoms with van der Waals surface area (Å²) < 4.78 is 29.1. The van der Waals surface area contributed by atoms with Crippen LogP contribution in [0.4, 0.5) is 0 Å². The molecule has 2 N–H and O–H groups in total. The standard InChI is InChI=1S/C15H23NO3S/c1-15(2,3)13-10-12(20(16,17)18)8-9-14(13)19-11-6-4-5-7-11/h8-11H,4-7H2,1-3H3,(H2,16,17,18). The van der Waals surface area contributed by atoms with Crippen LogP contribution in [0.5, 0.6) is 5.75 Å². The van der Waals surface area contributed by atoms with Crippen molar-refractivity contribution in [1.82, 2.24) is 0 Å². The number of benzene rings is 1. The molecule has 1 aromatic carbocycles. The van der Waals surface area contributed by atoms with Crippen molar-refractivity contribution in [2.75, 3.05) is 0 Å². The first kappa shape index (κ1) is 15.3. The van der Waals surface area contributed by atoms with Crippen molar-refractivity contribution in [3.8, 4) is 5.75 Å². The molecule has 2 rings (SSSR count). The minimum absolute atomic E-state index is 0.140. The fraction of sp³-hybridized carbons (Fsp3) is 0.600. The highest BCUT2D eigenvalue weighted by atomic mass is 32.2. The van der Waals surface area contributed by atoms with Gasteiger partial charge in [-0.1, -0.05) is 20.8 Å². The van der Waals surface area contributed by atoms with Gasteiger partial charge in [0.15, 0.2) is 0 Å². The Bertz CT molecular complexity index is 582. The van der Waals surface area contributed by atoms with E-state index in [0.29, 0.717) is 0 Å². The lowest BCUT2D eigenvalue weighted by molar-refractivity contribution is 0.205. The molecule has 0 radical (unpaired) electrons. The predicted molar refractivity (Wildman–Crippen MR) is 79.4 cm³/mol. The van der Waals surface area contributed by atoms with Crippen LogP contribution in [0.1, 0.15) is 52.0 Å². The average molecular weight is 297 g/mol. The molecule has 20 heavy (non-hydrogen) atoms. The fourth-order valence-corrected chi connectivity index (χ4v) is 3.10. The van der Waals surface area contributed by atoms with Crippen LogP contribution < -0.4 is 9.88 Å². The highest BCUT2D eigenvalue weighted by Crippen LogP contribution is 2.35. The second kappa shape index (κ2) is 5.37. The molecule has 0 unspecified atom stereocenters. The van der Waals surface area contributed by atoms with Crippen molar-refractivity contribution in [1.29, 1.82) is 0 Å². The molecule has 1 aliphatic rings. The number of hydrogen-bond acceptors (Lipinski definition) is 3. The number of sulfonamides is 1. The highest BCUT2D eigenvalue weighted by Gasteiger charge is 2.24. The normalized spacial score (nSPS) is 17.4. The van der Waals surface area contributed by atoms with Crippen LogP contribution >= 0.6 is 0 Å². The van der Waals surface area contributed by atoms with Crippen molar-refractivity contribution in [2.24, 2.45) is 5.14 Å². The van der Waals surface area contributed by atoms with E-state index < -0.39 is 10.0 Å². The lowest BCUT2D eigenvalue weighted by Gasteiger charge is -2.25. The van der Waals surface area contributed by atoms with Crippen molar-refractivity contribution in [2.45, 2.75) is 62.9 Å². The number of primary sulfonamides is 1. The quantitative estimate of drug-likeness (QED) is 0.932. The topological polar surface area (TPSA) is 69.4 Å². The lowest BCUT2D eigenvalue weighted by atomic mass is 9.86. The molecular formula is C15H23NO3S. The molecule has 0 amide bonds. The second-order valence-electron chi connectivity index (χ2n) is 6.48. The molecule has 4 nitrogen and oxygen atoms in total. The Morgan fingerprint density at radius 2 is 1.80 bits per heavy atom. The number of rotatable bonds is 3. The summed E-state index contributed by atoms with van der Waals surface area (Å²) in [4.78, 5) is 0.140. The van der Waals surface area contributed by atoms with Crippen molar-refractivity contribution >= 4 is 10.0 Å². The van der Waals surface area contributed by atoms with Crippen LogP contribution in [0.15, 0.2) is 23.1 Å². The maximum absolute atomic E-state index is 11.5. The van der Waals surface area contributed by atoms with E-state index in [1.807, 2.05) is 20.8 Å². The predicted octanol–water partition coefficient (Wildman–Crippen LogP) is 2.95. The van der Waals surface area contributed by atoms with E-state index in [-0.39, 0.29) is 16.4 Å². The molecule has 112 valence electrons. The molecule has 0 bridgehead atoms. The van der Waals surface area contributed by atoms with Crippen molar-refractivity contribution < 1.29 is 13.2 Å². The van der Waals surface area contributed by atoms with E-state index in [1.54, 1.807) is 12.1 Å². The molecule has 0 aliphatic heterocycles. The zero-order valence-corrected chi connectivity index (χ0v) is 13.2. The third kappa shape index (κ3) is 3.52. The molecule has 0 atom stereocenters. The van der Waals surface area contributed by atoms with Crippen LogP contribution in [0.3, 0.4) is 0 Å². The SMILES string of the molecule is CC(C)(C)c1cc(S(N)(=O)=O)ccc1OC1CCCC1. The van der Waals surface area contributed by atoms with Gasteiger partial charge in [0.2, 0.25) is 10.0 Å². The summed E-state index contributed by atoms with van der Waals surface area (Å²) in [6.45, 7) is 6.12. The van der Waals surface area contributed by atoms with Crippen molar-refractivity contribution in [3.63, 3.8) is 0 Å². The zero-order valence-electron chi connectivity index (χ0n) is 12.3. The van der Waals surface area contributed by atoms with Gasteiger partial charge in [0, 0.05) is 5.56 Å². The van der Waals surface area contributed by atoms with Gasteiger partial charge >= 0.3 is 0 Å². The van der Waals surface area contributed by atoms with Crippen LogP contribution in [0.25, 0.3) is 0 Å². The van der Waals surface area contributed by atoms with Gasteiger partial charge < -0.3 is 4.74 Å². The molecule has 1 aromatic rings. The van der Waals surface area contributed by atoms with Gasteiger partial charge in [-0.05, 0) is 49.3 Å². The fourth-order valence-electron chi connectivity index (χ4n) is 2.56. The minimum atomic E-state index is -3.69. The summed E-state index contributed by atoms with van der Waals surface area (Å²) in [6.07, 6.45) is 4.78. The minimum Gasteiger partial charge on any atom is -0.490 e. The molecule has 5 heteroatoms. The first-order valence-electron chi connectivity index (χ1n) is 7.02. The second-order valence-corrected chi connectivity index (χ2v) is 8.04.